The molecule has 0 aliphatic rings. The van der Waals surface area contributed by atoms with Crippen molar-refractivity contribution in [3.8, 4) is 0 Å². The lowest BCUT2D eigenvalue weighted by atomic mass is 10.1. The van der Waals surface area contributed by atoms with Crippen molar-refractivity contribution >= 4 is 36.4 Å². The van der Waals surface area contributed by atoms with Gasteiger partial charge in [0.2, 0.25) is 18.2 Å². The van der Waals surface area contributed by atoms with E-state index in [1.165, 1.54) is 4.90 Å². The lowest BCUT2D eigenvalue weighted by Crippen LogP contribution is -2.46. The molecule has 1 atom stereocenters. The van der Waals surface area contributed by atoms with Gasteiger partial charge < -0.3 is 40.4 Å². The molecule has 0 heterocycles. The van der Waals surface area contributed by atoms with Gasteiger partial charge in [0, 0.05) is 45.6 Å². The molecule has 47 heavy (non-hydrogen) atoms. The first kappa shape index (κ1) is 40.7. The predicted molar refractivity (Wildman–Crippen MR) is 175 cm³/mol. The minimum absolute atomic E-state index is 0.0339. The fraction of sp³-hybridized carbons (Fsp3) is 0.636. The molecular weight excluding hydrogens is 610 g/mol. The van der Waals surface area contributed by atoms with Crippen molar-refractivity contribution in [2.45, 2.75) is 104 Å². The Bertz CT molecular complexity index is 1100. The maximum atomic E-state index is 13.2. The van der Waals surface area contributed by atoms with Gasteiger partial charge in [0.15, 0.2) is 0 Å². The molecule has 0 saturated carbocycles. The summed E-state index contributed by atoms with van der Waals surface area (Å²) in [5.74, 6) is -1.06. The number of hydrogen-bond donors (Lipinski definition) is 4. The van der Waals surface area contributed by atoms with Gasteiger partial charge in [-0.05, 0) is 66.4 Å². The second-order valence-corrected chi connectivity index (χ2v) is 12.9. The summed E-state index contributed by atoms with van der Waals surface area (Å²) in [6.45, 7) is 11.4. The Labute approximate surface area is 278 Å². The first-order chi connectivity index (χ1) is 22.1. The molecule has 0 aliphatic carbocycles. The number of unbranched alkanes of at least 4 members (excludes halogenated alkanes) is 2. The standard InChI is InChI=1S/C33H53N5O9/c1-32(2,3)46-30(43)35-19-21-38(22-20-36-31(44)47-33(4,5)6)27(40)17-16-26(37-24-39)29(42)34-18-12-8-11-15-28(41)45-23-25-13-9-7-10-14-25/h7,9-10,13-14,24,26H,8,11-12,15-23H2,1-6H3,(H,34,42)(H,35,43)(H,36,44)(H,37,39)/t26-/m0/s1. The number of ether oxygens (including phenoxy) is 3. The van der Waals surface area contributed by atoms with Gasteiger partial charge in [-0.3, -0.25) is 19.2 Å². The number of esters is 1. The Balaban J connectivity index is 2.53. The molecule has 0 unspecified atom stereocenters. The molecule has 0 aliphatic heterocycles. The van der Waals surface area contributed by atoms with Crippen molar-refractivity contribution in [2.24, 2.45) is 0 Å². The maximum absolute atomic E-state index is 13.2. The Morgan fingerprint density at radius 1 is 0.766 bits per heavy atom. The van der Waals surface area contributed by atoms with E-state index in [9.17, 15) is 28.8 Å². The Morgan fingerprint density at radius 2 is 1.34 bits per heavy atom. The van der Waals surface area contributed by atoms with Crippen molar-refractivity contribution in [1.29, 1.82) is 0 Å². The molecule has 0 saturated heterocycles. The zero-order valence-electron chi connectivity index (χ0n) is 28.6. The van der Waals surface area contributed by atoms with Gasteiger partial charge in [-0.2, -0.15) is 0 Å². The number of carbonyl (C=O) groups is 6. The van der Waals surface area contributed by atoms with Crippen LogP contribution in [-0.2, 0) is 40.0 Å². The van der Waals surface area contributed by atoms with Gasteiger partial charge in [0.25, 0.3) is 0 Å². The van der Waals surface area contributed by atoms with Crippen LogP contribution in [0.25, 0.3) is 0 Å². The normalized spacial score (nSPS) is 11.8. The molecule has 1 aromatic carbocycles. The van der Waals surface area contributed by atoms with Crippen LogP contribution in [0.1, 0.15) is 85.6 Å². The number of hydrogen-bond acceptors (Lipinski definition) is 9. The third kappa shape index (κ3) is 21.1. The van der Waals surface area contributed by atoms with Gasteiger partial charge in [0.05, 0.1) is 0 Å². The predicted octanol–water partition coefficient (Wildman–Crippen LogP) is 3.18. The molecule has 0 spiro atoms. The molecule has 14 heteroatoms. The lowest BCUT2D eigenvalue weighted by Gasteiger charge is -2.25. The zero-order chi connectivity index (χ0) is 35.3. The summed E-state index contributed by atoms with van der Waals surface area (Å²) in [5.41, 5.74) is -0.453. The Kier molecular flexibility index (Phi) is 18.5. The largest absolute Gasteiger partial charge is 0.461 e. The van der Waals surface area contributed by atoms with Gasteiger partial charge >= 0.3 is 18.2 Å². The van der Waals surface area contributed by atoms with E-state index < -0.39 is 35.3 Å². The van der Waals surface area contributed by atoms with Crippen LogP contribution in [-0.4, -0.2) is 91.2 Å². The average Bonchev–Trinajstić information content (AvgIpc) is 2.97. The summed E-state index contributed by atoms with van der Waals surface area (Å²) in [4.78, 5) is 74.6. The third-order valence-electron chi connectivity index (χ3n) is 6.28. The van der Waals surface area contributed by atoms with E-state index in [1.807, 2.05) is 30.3 Å². The minimum atomic E-state index is -0.939. The van der Waals surface area contributed by atoms with Gasteiger partial charge in [0.1, 0.15) is 23.9 Å². The van der Waals surface area contributed by atoms with Crippen LogP contribution in [0.2, 0.25) is 0 Å². The van der Waals surface area contributed by atoms with Crippen LogP contribution >= 0.6 is 0 Å². The Morgan fingerprint density at radius 3 is 1.87 bits per heavy atom. The van der Waals surface area contributed by atoms with Crippen molar-refractivity contribution in [3.05, 3.63) is 35.9 Å². The fourth-order valence-electron chi connectivity index (χ4n) is 4.09. The molecule has 0 aromatic heterocycles. The third-order valence-corrected chi connectivity index (χ3v) is 6.28. The minimum Gasteiger partial charge on any atom is -0.461 e. The molecule has 0 fully saturated rings. The van der Waals surface area contributed by atoms with Gasteiger partial charge in [-0.25, -0.2) is 9.59 Å². The van der Waals surface area contributed by atoms with Gasteiger partial charge in [-0.15, -0.1) is 0 Å². The van der Waals surface area contributed by atoms with Crippen molar-refractivity contribution in [1.82, 2.24) is 26.2 Å². The maximum Gasteiger partial charge on any atom is 0.407 e. The number of nitrogens with one attached hydrogen (secondary N) is 4. The van der Waals surface area contributed by atoms with Crippen LogP contribution in [0, 0.1) is 0 Å². The molecule has 0 radical (unpaired) electrons. The molecule has 4 N–H and O–H groups in total. The highest BCUT2D eigenvalue weighted by Gasteiger charge is 2.22. The second kappa shape index (κ2) is 21.4. The molecule has 5 amide bonds. The highest BCUT2D eigenvalue weighted by Crippen LogP contribution is 2.09. The molecule has 1 aromatic rings. The Hall–Kier alpha value is -4.36. The van der Waals surface area contributed by atoms with Crippen molar-refractivity contribution in [2.75, 3.05) is 32.7 Å². The van der Waals surface area contributed by atoms with E-state index in [1.54, 1.807) is 41.5 Å². The van der Waals surface area contributed by atoms with Gasteiger partial charge in [-0.1, -0.05) is 36.8 Å². The quantitative estimate of drug-likeness (QED) is 0.0705. The second-order valence-electron chi connectivity index (χ2n) is 12.9. The van der Waals surface area contributed by atoms with E-state index in [0.29, 0.717) is 32.2 Å². The number of carbonyl (C=O) groups excluding carboxylic acids is 6. The van der Waals surface area contributed by atoms with E-state index in [0.717, 1.165) is 5.56 Å². The summed E-state index contributed by atoms with van der Waals surface area (Å²) in [5, 5.41) is 10.4. The SMILES string of the molecule is CC(C)(C)OC(=O)NCCN(CCNC(=O)OC(C)(C)C)C(=O)CC[C@H](NC=O)C(=O)NCCCCCC(=O)OCc1ccccc1. The summed E-state index contributed by atoms with van der Waals surface area (Å²) in [7, 11) is 0. The summed E-state index contributed by atoms with van der Waals surface area (Å²) in [6, 6.07) is 8.47. The first-order valence-electron chi connectivity index (χ1n) is 16.0. The van der Waals surface area contributed by atoms with E-state index in [-0.39, 0.29) is 63.9 Å². The van der Waals surface area contributed by atoms with Crippen molar-refractivity contribution < 1.29 is 43.0 Å². The molecule has 264 valence electrons. The molecule has 14 nitrogen and oxygen atoms in total. The van der Waals surface area contributed by atoms with Crippen LogP contribution in [0.15, 0.2) is 30.3 Å². The van der Waals surface area contributed by atoms with Crippen molar-refractivity contribution in [3.63, 3.8) is 0 Å². The highest BCUT2D eigenvalue weighted by molar-refractivity contribution is 5.84. The molecule has 1 rings (SSSR count). The zero-order valence-corrected chi connectivity index (χ0v) is 28.6. The van der Waals surface area contributed by atoms with E-state index >= 15 is 0 Å². The lowest BCUT2D eigenvalue weighted by molar-refractivity contribution is -0.145. The van der Waals surface area contributed by atoms with E-state index in [2.05, 4.69) is 21.3 Å². The summed E-state index contributed by atoms with van der Waals surface area (Å²) < 4.78 is 15.7. The number of benzene rings is 1. The van der Waals surface area contributed by atoms with Crippen LogP contribution in [0.3, 0.4) is 0 Å². The number of amides is 5. The number of alkyl carbamates (subject to hydrolysis) is 2. The van der Waals surface area contributed by atoms with E-state index in [4.69, 9.17) is 14.2 Å². The fourth-order valence-corrected chi connectivity index (χ4v) is 4.09. The summed E-state index contributed by atoms with van der Waals surface area (Å²) in [6.07, 6.45) is 1.28. The summed E-state index contributed by atoms with van der Waals surface area (Å²) >= 11 is 0. The monoisotopic (exact) mass is 663 g/mol. The first-order valence-corrected chi connectivity index (χ1v) is 16.0. The van der Waals surface area contributed by atoms with Crippen LogP contribution in [0.4, 0.5) is 9.59 Å². The average molecular weight is 664 g/mol. The smallest absolute Gasteiger partial charge is 0.407 e. The topological polar surface area (TPSA) is 181 Å². The molecule has 0 bridgehead atoms. The number of nitrogens with zero attached hydrogens (tertiary/aromatic N) is 1. The number of rotatable bonds is 20. The van der Waals surface area contributed by atoms with Crippen LogP contribution in [0.5, 0.6) is 0 Å². The van der Waals surface area contributed by atoms with Crippen LogP contribution < -0.4 is 21.3 Å². The molecular formula is C33H53N5O9. The highest BCUT2D eigenvalue weighted by atomic mass is 16.6.